The predicted molar refractivity (Wildman–Crippen MR) is 104 cm³/mol. The number of nitrogens with one attached hydrogen (secondary N) is 1. The van der Waals surface area contributed by atoms with Gasteiger partial charge in [0.1, 0.15) is 0 Å². The van der Waals surface area contributed by atoms with Gasteiger partial charge in [0.25, 0.3) is 0 Å². The van der Waals surface area contributed by atoms with E-state index < -0.39 is 0 Å². The number of aryl methyl sites for hydroxylation is 1. The van der Waals surface area contributed by atoms with Crippen LogP contribution in [0.25, 0.3) is 0 Å². The Morgan fingerprint density at radius 1 is 1.04 bits per heavy atom. The van der Waals surface area contributed by atoms with Gasteiger partial charge in [-0.1, -0.05) is 31.2 Å². The second-order valence-electron chi connectivity index (χ2n) is 7.47. The van der Waals surface area contributed by atoms with Crippen molar-refractivity contribution in [3.8, 4) is 0 Å². The lowest BCUT2D eigenvalue weighted by atomic mass is 9.95. The third-order valence-electron chi connectivity index (χ3n) is 5.63. The summed E-state index contributed by atoms with van der Waals surface area (Å²) in [5.41, 5.74) is 2.76. The summed E-state index contributed by atoms with van der Waals surface area (Å²) in [5, 5.41) is 3.14. The molecule has 0 unspecified atom stereocenters. The quantitative estimate of drug-likeness (QED) is 0.808. The number of carbonyl (C=O) groups excluding carboxylic acids is 1. The fourth-order valence-electron chi connectivity index (χ4n) is 3.80. The standard InChI is InChI=1S/C21H33N3O2/c1-2-18-3-5-19(6-4-18)17-24-10-7-20(8-11-24)21(25)22-9-12-23-13-15-26-16-14-23/h3-6,20H,2,7-17H2,1H3,(H,22,25). The molecule has 1 aromatic carbocycles. The summed E-state index contributed by atoms with van der Waals surface area (Å²) in [5.74, 6) is 0.420. The van der Waals surface area contributed by atoms with Crippen LogP contribution in [0.1, 0.15) is 30.9 Å². The molecule has 5 nitrogen and oxygen atoms in total. The van der Waals surface area contributed by atoms with Crippen LogP contribution in [0.2, 0.25) is 0 Å². The summed E-state index contributed by atoms with van der Waals surface area (Å²) in [7, 11) is 0. The van der Waals surface area contributed by atoms with Crippen molar-refractivity contribution < 1.29 is 9.53 Å². The number of amides is 1. The van der Waals surface area contributed by atoms with E-state index in [0.29, 0.717) is 0 Å². The smallest absolute Gasteiger partial charge is 0.223 e. The summed E-state index contributed by atoms with van der Waals surface area (Å²) in [6, 6.07) is 8.93. The number of hydrogen-bond acceptors (Lipinski definition) is 4. The maximum Gasteiger partial charge on any atom is 0.223 e. The van der Waals surface area contributed by atoms with Gasteiger partial charge >= 0.3 is 0 Å². The van der Waals surface area contributed by atoms with Crippen LogP contribution in [0.4, 0.5) is 0 Å². The molecule has 2 heterocycles. The minimum atomic E-state index is 0.179. The molecule has 0 aliphatic carbocycles. The van der Waals surface area contributed by atoms with Crippen LogP contribution in [0, 0.1) is 5.92 Å². The lowest BCUT2D eigenvalue weighted by Crippen LogP contribution is -2.44. The molecular formula is C21H33N3O2. The SMILES string of the molecule is CCc1ccc(CN2CCC(C(=O)NCCN3CCOCC3)CC2)cc1. The van der Waals surface area contributed by atoms with Crippen molar-refractivity contribution in [2.75, 3.05) is 52.5 Å². The van der Waals surface area contributed by atoms with E-state index in [2.05, 4.69) is 46.3 Å². The first-order valence-electron chi connectivity index (χ1n) is 10.1. The van der Waals surface area contributed by atoms with Gasteiger partial charge < -0.3 is 10.1 Å². The van der Waals surface area contributed by atoms with E-state index >= 15 is 0 Å². The Balaban J connectivity index is 1.33. The molecule has 0 radical (unpaired) electrons. The third-order valence-corrected chi connectivity index (χ3v) is 5.63. The number of likely N-dealkylation sites (tertiary alicyclic amines) is 1. The molecule has 1 aromatic rings. The van der Waals surface area contributed by atoms with Crippen LogP contribution in [0.3, 0.4) is 0 Å². The minimum Gasteiger partial charge on any atom is -0.379 e. The topological polar surface area (TPSA) is 44.8 Å². The molecular weight excluding hydrogens is 326 g/mol. The number of nitrogens with zero attached hydrogens (tertiary/aromatic N) is 2. The lowest BCUT2D eigenvalue weighted by molar-refractivity contribution is -0.126. The van der Waals surface area contributed by atoms with Gasteiger partial charge in [0.05, 0.1) is 13.2 Å². The van der Waals surface area contributed by atoms with Gasteiger partial charge in [0.15, 0.2) is 0 Å². The van der Waals surface area contributed by atoms with Gasteiger partial charge in [-0.05, 0) is 43.5 Å². The average Bonchev–Trinajstić information content (AvgIpc) is 2.70. The highest BCUT2D eigenvalue weighted by atomic mass is 16.5. The Labute approximate surface area is 157 Å². The molecule has 0 bridgehead atoms. The molecule has 0 atom stereocenters. The van der Waals surface area contributed by atoms with Crippen LogP contribution >= 0.6 is 0 Å². The first-order valence-corrected chi connectivity index (χ1v) is 10.1. The van der Waals surface area contributed by atoms with Crippen LogP contribution in [-0.4, -0.2) is 68.2 Å². The molecule has 2 saturated heterocycles. The summed E-state index contributed by atoms with van der Waals surface area (Å²) < 4.78 is 5.35. The number of morpholine rings is 1. The second kappa shape index (κ2) is 10.0. The van der Waals surface area contributed by atoms with Crippen molar-refractivity contribution >= 4 is 5.91 Å². The molecule has 2 fully saturated rings. The normalized spacial score (nSPS) is 20.2. The Hall–Kier alpha value is -1.43. The fraction of sp³-hybridized carbons (Fsp3) is 0.667. The Kier molecular flexibility index (Phi) is 7.47. The van der Waals surface area contributed by atoms with E-state index in [-0.39, 0.29) is 11.8 Å². The van der Waals surface area contributed by atoms with E-state index in [0.717, 1.165) is 78.3 Å². The number of benzene rings is 1. The molecule has 1 amide bonds. The molecule has 0 spiro atoms. The van der Waals surface area contributed by atoms with Gasteiger partial charge in [-0.15, -0.1) is 0 Å². The van der Waals surface area contributed by atoms with Crippen molar-refractivity contribution in [3.05, 3.63) is 35.4 Å². The average molecular weight is 360 g/mol. The van der Waals surface area contributed by atoms with Crippen LogP contribution in [-0.2, 0) is 22.5 Å². The van der Waals surface area contributed by atoms with E-state index in [4.69, 9.17) is 4.74 Å². The van der Waals surface area contributed by atoms with Crippen LogP contribution in [0.15, 0.2) is 24.3 Å². The molecule has 2 aliphatic heterocycles. The molecule has 144 valence electrons. The van der Waals surface area contributed by atoms with Gasteiger partial charge in [-0.3, -0.25) is 14.6 Å². The van der Waals surface area contributed by atoms with Gasteiger partial charge in [-0.25, -0.2) is 0 Å². The maximum absolute atomic E-state index is 12.4. The molecule has 0 aromatic heterocycles. The highest BCUT2D eigenvalue weighted by Gasteiger charge is 2.24. The van der Waals surface area contributed by atoms with Crippen LogP contribution in [0.5, 0.6) is 0 Å². The van der Waals surface area contributed by atoms with Crippen LogP contribution < -0.4 is 5.32 Å². The minimum absolute atomic E-state index is 0.179. The summed E-state index contributed by atoms with van der Waals surface area (Å²) >= 11 is 0. The molecule has 26 heavy (non-hydrogen) atoms. The zero-order valence-electron chi connectivity index (χ0n) is 16.1. The number of carbonyl (C=O) groups is 1. The van der Waals surface area contributed by atoms with E-state index in [1.807, 2.05) is 0 Å². The number of piperidine rings is 1. The molecule has 1 N–H and O–H groups in total. The monoisotopic (exact) mass is 359 g/mol. The first-order chi connectivity index (χ1) is 12.7. The molecule has 3 rings (SSSR count). The van der Waals surface area contributed by atoms with Crippen molar-refractivity contribution in [1.29, 1.82) is 0 Å². The molecule has 2 aliphatic rings. The van der Waals surface area contributed by atoms with Crippen molar-refractivity contribution in [2.24, 2.45) is 5.92 Å². The van der Waals surface area contributed by atoms with Crippen molar-refractivity contribution in [3.63, 3.8) is 0 Å². The summed E-state index contributed by atoms with van der Waals surface area (Å²) in [6.07, 6.45) is 3.03. The number of hydrogen-bond donors (Lipinski definition) is 1. The highest BCUT2D eigenvalue weighted by Crippen LogP contribution is 2.19. The van der Waals surface area contributed by atoms with Crippen molar-refractivity contribution in [1.82, 2.24) is 15.1 Å². The van der Waals surface area contributed by atoms with Crippen molar-refractivity contribution in [2.45, 2.75) is 32.7 Å². The van der Waals surface area contributed by atoms with Gasteiger partial charge in [0.2, 0.25) is 5.91 Å². The third kappa shape index (κ3) is 5.79. The summed E-state index contributed by atoms with van der Waals surface area (Å²) in [6.45, 7) is 10.5. The second-order valence-corrected chi connectivity index (χ2v) is 7.47. The number of ether oxygens (including phenoxy) is 1. The van der Waals surface area contributed by atoms with Gasteiger partial charge in [0, 0.05) is 38.6 Å². The lowest BCUT2D eigenvalue weighted by Gasteiger charge is -2.31. The van der Waals surface area contributed by atoms with E-state index in [1.165, 1.54) is 11.1 Å². The van der Waals surface area contributed by atoms with E-state index in [9.17, 15) is 4.79 Å². The van der Waals surface area contributed by atoms with E-state index in [1.54, 1.807) is 0 Å². The van der Waals surface area contributed by atoms with Gasteiger partial charge in [-0.2, -0.15) is 0 Å². The summed E-state index contributed by atoms with van der Waals surface area (Å²) in [4.78, 5) is 17.2. The molecule has 0 saturated carbocycles. The first kappa shape index (κ1) is 19.3. The predicted octanol–water partition coefficient (Wildman–Crippen LogP) is 1.91. The zero-order chi connectivity index (χ0) is 18.2. The number of rotatable bonds is 7. The molecule has 5 heteroatoms. The Morgan fingerprint density at radius 3 is 2.35 bits per heavy atom. The Bertz CT molecular complexity index is 547. The largest absolute Gasteiger partial charge is 0.379 e. The fourth-order valence-corrected chi connectivity index (χ4v) is 3.80. The Morgan fingerprint density at radius 2 is 1.69 bits per heavy atom. The zero-order valence-corrected chi connectivity index (χ0v) is 16.1. The maximum atomic E-state index is 12.4. The highest BCUT2D eigenvalue weighted by molar-refractivity contribution is 5.78.